The van der Waals surface area contributed by atoms with E-state index in [1.807, 2.05) is 0 Å². The number of ether oxygens (including phenoxy) is 1. The number of rotatable bonds is 2. The minimum atomic E-state index is -0.809. The average molecular weight is 243 g/mol. The van der Waals surface area contributed by atoms with Gasteiger partial charge in [0.05, 0.1) is 0 Å². The van der Waals surface area contributed by atoms with Gasteiger partial charge in [-0.15, -0.1) is 10.2 Å². The van der Waals surface area contributed by atoms with Gasteiger partial charge in [0.1, 0.15) is 5.82 Å². The van der Waals surface area contributed by atoms with Crippen LogP contribution < -0.4 is 4.74 Å². The van der Waals surface area contributed by atoms with Gasteiger partial charge < -0.3 is 4.74 Å². The molecule has 0 aliphatic carbocycles. The highest BCUT2D eigenvalue weighted by Crippen LogP contribution is 2.23. The number of hydrogen-bond acceptors (Lipinski definition) is 3. The molecule has 1 aromatic heterocycles. The van der Waals surface area contributed by atoms with Crippen LogP contribution in [0.25, 0.3) is 0 Å². The van der Waals surface area contributed by atoms with Crippen molar-refractivity contribution in [2.24, 2.45) is 0 Å². The smallest absolute Gasteiger partial charge is 0.239 e. The van der Waals surface area contributed by atoms with Crippen LogP contribution in [0.3, 0.4) is 0 Å². The van der Waals surface area contributed by atoms with E-state index in [0.29, 0.717) is 0 Å². The summed E-state index contributed by atoms with van der Waals surface area (Å²) in [6.45, 7) is 0. The molecule has 0 aliphatic heterocycles. The van der Waals surface area contributed by atoms with Crippen LogP contribution in [0.4, 0.5) is 8.78 Å². The normalized spacial score (nSPS) is 10.2. The van der Waals surface area contributed by atoms with Crippen molar-refractivity contribution in [3.8, 4) is 11.6 Å². The van der Waals surface area contributed by atoms with E-state index in [1.54, 1.807) is 0 Å². The van der Waals surface area contributed by atoms with E-state index in [-0.39, 0.29) is 16.8 Å². The number of benzene rings is 1. The molecule has 0 bridgehead atoms. The molecule has 0 saturated carbocycles. The zero-order valence-corrected chi connectivity index (χ0v) is 8.58. The van der Waals surface area contributed by atoms with E-state index in [1.165, 1.54) is 18.2 Å². The molecule has 0 atom stereocenters. The Kier molecular flexibility index (Phi) is 2.96. The maximum absolute atomic E-state index is 13.2. The lowest BCUT2D eigenvalue weighted by Crippen LogP contribution is -1.93. The quantitative estimate of drug-likeness (QED) is 0.811. The van der Waals surface area contributed by atoms with Crippen LogP contribution in [0.5, 0.6) is 11.6 Å². The van der Waals surface area contributed by atoms with Crippen molar-refractivity contribution >= 4 is 11.6 Å². The van der Waals surface area contributed by atoms with Crippen molar-refractivity contribution in [3.05, 3.63) is 47.1 Å². The predicted octanol–water partition coefficient (Wildman–Crippen LogP) is 3.20. The van der Waals surface area contributed by atoms with Crippen molar-refractivity contribution in [3.63, 3.8) is 0 Å². The van der Waals surface area contributed by atoms with Crippen LogP contribution in [0, 0.1) is 11.6 Å². The second kappa shape index (κ2) is 4.40. The second-order valence-electron chi connectivity index (χ2n) is 2.87. The average Bonchev–Trinajstić information content (AvgIpc) is 2.25. The Bertz CT molecular complexity index is 505. The van der Waals surface area contributed by atoms with Gasteiger partial charge in [0.2, 0.25) is 5.88 Å². The van der Waals surface area contributed by atoms with E-state index in [9.17, 15) is 8.78 Å². The van der Waals surface area contributed by atoms with Crippen LogP contribution in [0.15, 0.2) is 30.3 Å². The minimum Gasteiger partial charge on any atom is -0.434 e. The number of nitrogens with zero attached hydrogens (tertiary/aromatic N) is 2. The SMILES string of the molecule is Fc1ccc(Oc2ccc(Cl)nn2)c(F)c1. The molecule has 0 saturated heterocycles. The standard InChI is InChI=1S/C10H5ClF2N2O/c11-9-3-4-10(15-14-9)16-8-2-1-6(12)5-7(8)13/h1-5H. The molecule has 0 N–H and O–H groups in total. The van der Waals surface area contributed by atoms with Gasteiger partial charge in [-0.3, -0.25) is 0 Å². The molecule has 0 aliphatic rings. The summed E-state index contributed by atoms with van der Waals surface area (Å²) in [4.78, 5) is 0. The molecule has 2 aromatic rings. The van der Waals surface area contributed by atoms with Crippen LogP contribution in [0.2, 0.25) is 5.15 Å². The molecule has 3 nitrogen and oxygen atoms in total. The van der Waals surface area contributed by atoms with Gasteiger partial charge >= 0.3 is 0 Å². The van der Waals surface area contributed by atoms with E-state index in [2.05, 4.69) is 10.2 Å². The predicted molar refractivity (Wildman–Crippen MR) is 53.5 cm³/mol. The second-order valence-corrected chi connectivity index (χ2v) is 3.26. The van der Waals surface area contributed by atoms with Crippen molar-refractivity contribution in [2.75, 3.05) is 0 Å². The fraction of sp³-hybridized carbons (Fsp3) is 0. The fourth-order valence-electron chi connectivity index (χ4n) is 1.03. The van der Waals surface area contributed by atoms with Crippen LogP contribution >= 0.6 is 11.6 Å². The van der Waals surface area contributed by atoms with Crippen LogP contribution in [0.1, 0.15) is 0 Å². The van der Waals surface area contributed by atoms with Gasteiger partial charge in [0, 0.05) is 12.1 Å². The van der Waals surface area contributed by atoms with E-state index < -0.39 is 11.6 Å². The maximum Gasteiger partial charge on any atom is 0.239 e. The van der Waals surface area contributed by atoms with Crippen LogP contribution in [-0.4, -0.2) is 10.2 Å². The molecule has 16 heavy (non-hydrogen) atoms. The zero-order valence-electron chi connectivity index (χ0n) is 7.82. The lowest BCUT2D eigenvalue weighted by molar-refractivity contribution is 0.418. The molecular formula is C10H5ClF2N2O. The first-order valence-electron chi connectivity index (χ1n) is 4.27. The summed E-state index contributed by atoms with van der Waals surface area (Å²) < 4.78 is 30.8. The van der Waals surface area contributed by atoms with Gasteiger partial charge in [-0.1, -0.05) is 11.6 Å². The highest BCUT2D eigenvalue weighted by atomic mass is 35.5. The molecule has 0 radical (unpaired) electrons. The van der Waals surface area contributed by atoms with Gasteiger partial charge in [0.15, 0.2) is 16.7 Å². The van der Waals surface area contributed by atoms with E-state index in [0.717, 1.165) is 12.1 Å². The van der Waals surface area contributed by atoms with Gasteiger partial charge in [-0.05, 0) is 18.2 Å². The Hall–Kier alpha value is -1.75. The fourth-order valence-corrected chi connectivity index (χ4v) is 1.13. The highest BCUT2D eigenvalue weighted by molar-refractivity contribution is 6.29. The largest absolute Gasteiger partial charge is 0.434 e. The van der Waals surface area contributed by atoms with E-state index >= 15 is 0 Å². The first-order valence-corrected chi connectivity index (χ1v) is 4.65. The number of hydrogen-bond donors (Lipinski definition) is 0. The first-order chi connectivity index (χ1) is 7.65. The van der Waals surface area contributed by atoms with Crippen molar-refractivity contribution in [2.45, 2.75) is 0 Å². The highest BCUT2D eigenvalue weighted by Gasteiger charge is 2.07. The third kappa shape index (κ3) is 2.43. The molecule has 1 aromatic carbocycles. The van der Waals surface area contributed by atoms with Gasteiger partial charge in [-0.25, -0.2) is 8.78 Å². The van der Waals surface area contributed by atoms with Crippen molar-refractivity contribution < 1.29 is 13.5 Å². The van der Waals surface area contributed by atoms with Crippen LogP contribution in [-0.2, 0) is 0 Å². The molecule has 0 unspecified atom stereocenters. The summed E-state index contributed by atoms with van der Waals surface area (Å²) in [6.07, 6.45) is 0. The van der Waals surface area contributed by atoms with Crippen molar-refractivity contribution in [1.82, 2.24) is 10.2 Å². The Morgan fingerprint density at radius 2 is 1.88 bits per heavy atom. The summed E-state index contributed by atoms with van der Waals surface area (Å²) in [5, 5.41) is 7.29. The first kappa shape index (κ1) is 10.8. The summed E-state index contributed by atoms with van der Waals surface area (Å²) >= 11 is 5.51. The lowest BCUT2D eigenvalue weighted by atomic mass is 10.3. The number of halogens is 3. The number of aromatic nitrogens is 2. The Morgan fingerprint density at radius 3 is 2.50 bits per heavy atom. The monoisotopic (exact) mass is 242 g/mol. The summed E-state index contributed by atoms with van der Waals surface area (Å²) in [5.74, 6) is -1.53. The van der Waals surface area contributed by atoms with Gasteiger partial charge in [-0.2, -0.15) is 0 Å². The lowest BCUT2D eigenvalue weighted by Gasteiger charge is -2.04. The molecule has 6 heteroatoms. The Morgan fingerprint density at radius 1 is 1.06 bits per heavy atom. The molecule has 2 rings (SSSR count). The minimum absolute atomic E-state index is 0.0786. The third-order valence-electron chi connectivity index (χ3n) is 1.72. The van der Waals surface area contributed by atoms with E-state index in [4.69, 9.17) is 16.3 Å². The molecule has 0 fully saturated rings. The molecule has 82 valence electrons. The Balaban J connectivity index is 2.23. The summed E-state index contributed by atoms with van der Waals surface area (Å²) in [6, 6.07) is 5.85. The molecule has 1 heterocycles. The summed E-state index contributed by atoms with van der Waals surface area (Å²) in [7, 11) is 0. The molecular weight excluding hydrogens is 238 g/mol. The zero-order chi connectivity index (χ0) is 11.5. The van der Waals surface area contributed by atoms with Gasteiger partial charge in [0.25, 0.3) is 0 Å². The maximum atomic E-state index is 13.2. The molecule has 0 amide bonds. The molecule has 0 spiro atoms. The summed E-state index contributed by atoms with van der Waals surface area (Å²) in [5.41, 5.74) is 0. The topological polar surface area (TPSA) is 35.0 Å². The Labute approximate surface area is 94.6 Å². The third-order valence-corrected chi connectivity index (χ3v) is 1.92. The van der Waals surface area contributed by atoms with Crippen molar-refractivity contribution in [1.29, 1.82) is 0 Å².